The fourth-order valence-electron chi connectivity index (χ4n) is 1.68. The SMILES string of the molecule is COCCNC(=O)c1ccc(Nc2ccccc2Br)cn1. The topological polar surface area (TPSA) is 63.2 Å². The van der Waals surface area contributed by atoms with E-state index in [0.29, 0.717) is 18.8 Å². The van der Waals surface area contributed by atoms with Gasteiger partial charge < -0.3 is 15.4 Å². The van der Waals surface area contributed by atoms with Crippen molar-refractivity contribution in [1.82, 2.24) is 10.3 Å². The van der Waals surface area contributed by atoms with Gasteiger partial charge in [-0.1, -0.05) is 12.1 Å². The summed E-state index contributed by atoms with van der Waals surface area (Å²) in [6.07, 6.45) is 1.63. The third-order valence-corrected chi connectivity index (χ3v) is 3.43. The van der Waals surface area contributed by atoms with E-state index in [1.54, 1.807) is 19.4 Å². The summed E-state index contributed by atoms with van der Waals surface area (Å²) < 4.78 is 5.84. The Morgan fingerprint density at radius 2 is 2.10 bits per heavy atom. The van der Waals surface area contributed by atoms with E-state index >= 15 is 0 Å². The molecular weight excluding hydrogens is 334 g/mol. The number of benzene rings is 1. The second-order valence-corrected chi connectivity index (χ2v) is 5.14. The molecule has 21 heavy (non-hydrogen) atoms. The molecule has 1 amide bonds. The van der Waals surface area contributed by atoms with Gasteiger partial charge in [0.25, 0.3) is 5.91 Å². The van der Waals surface area contributed by atoms with Crippen LogP contribution in [0, 0.1) is 0 Å². The Hall–Kier alpha value is -1.92. The summed E-state index contributed by atoms with van der Waals surface area (Å²) in [6, 6.07) is 11.3. The van der Waals surface area contributed by atoms with E-state index in [1.165, 1.54) is 0 Å². The molecule has 0 saturated carbocycles. The lowest BCUT2D eigenvalue weighted by Gasteiger charge is -2.09. The predicted octanol–water partition coefficient (Wildman–Crippen LogP) is 2.96. The first kappa shape index (κ1) is 15.5. The number of methoxy groups -OCH3 is 1. The van der Waals surface area contributed by atoms with Crippen LogP contribution in [0.25, 0.3) is 0 Å². The Labute approximate surface area is 131 Å². The molecule has 5 nitrogen and oxygen atoms in total. The van der Waals surface area contributed by atoms with Gasteiger partial charge in [-0.25, -0.2) is 4.98 Å². The molecule has 2 N–H and O–H groups in total. The molecule has 1 heterocycles. The molecule has 2 rings (SSSR count). The van der Waals surface area contributed by atoms with Crippen LogP contribution in [0.4, 0.5) is 11.4 Å². The van der Waals surface area contributed by atoms with Crippen molar-refractivity contribution in [3.8, 4) is 0 Å². The van der Waals surface area contributed by atoms with Gasteiger partial charge in [0, 0.05) is 18.1 Å². The first-order valence-electron chi connectivity index (χ1n) is 6.45. The van der Waals surface area contributed by atoms with Crippen LogP contribution in [0.3, 0.4) is 0 Å². The average Bonchev–Trinajstić information content (AvgIpc) is 2.50. The highest BCUT2D eigenvalue weighted by atomic mass is 79.9. The maximum absolute atomic E-state index is 11.8. The number of amides is 1. The van der Waals surface area contributed by atoms with Crippen molar-refractivity contribution in [2.45, 2.75) is 0 Å². The van der Waals surface area contributed by atoms with Crippen LogP contribution in [0.5, 0.6) is 0 Å². The molecule has 2 aromatic rings. The summed E-state index contributed by atoms with van der Waals surface area (Å²) in [4.78, 5) is 15.9. The van der Waals surface area contributed by atoms with Gasteiger partial charge in [0.15, 0.2) is 0 Å². The zero-order chi connectivity index (χ0) is 15.1. The fraction of sp³-hybridized carbons (Fsp3) is 0.200. The first-order chi connectivity index (χ1) is 10.2. The molecule has 6 heteroatoms. The summed E-state index contributed by atoms with van der Waals surface area (Å²) in [6.45, 7) is 0.946. The third kappa shape index (κ3) is 4.54. The van der Waals surface area contributed by atoms with Gasteiger partial charge in [0.1, 0.15) is 5.69 Å². The van der Waals surface area contributed by atoms with E-state index < -0.39 is 0 Å². The van der Waals surface area contributed by atoms with E-state index in [9.17, 15) is 4.79 Å². The highest BCUT2D eigenvalue weighted by Crippen LogP contribution is 2.24. The van der Waals surface area contributed by atoms with Gasteiger partial charge >= 0.3 is 0 Å². The van der Waals surface area contributed by atoms with E-state index in [2.05, 4.69) is 31.5 Å². The number of halogens is 1. The molecule has 0 aliphatic carbocycles. The Balaban J connectivity index is 1.99. The molecule has 0 aliphatic rings. The number of pyridine rings is 1. The zero-order valence-electron chi connectivity index (χ0n) is 11.6. The van der Waals surface area contributed by atoms with Gasteiger partial charge in [0.05, 0.1) is 24.2 Å². The number of carbonyl (C=O) groups excluding carboxylic acids is 1. The molecule has 0 fully saturated rings. The van der Waals surface area contributed by atoms with Crippen molar-refractivity contribution < 1.29 is 9.53 Å². The lowest BCUT2D eigenvalue weighted by molar-refractivity contribution is 0.0932. The quantitative estimate of drug-likeness (QED) is 0.787. The van der Waals surface area contributed by atoms with Crippen LogP contribution < -0.4 is 10.6 Å². The van der Waals surface area contributed by atoms with Crippen molar-refractivity contribution in [1.29, 1.82) is 0 Å². The molecule has 0 saturated heterocycles. The second-order valence-electron chi connectivity index (χ2n) is 4.29. The molecule has 0 atom stereocenters. The third-order valence-electron chi connectivity index (χ3n) is 2.74. The number of ether oxygens (including phenoxy) is 1. The average molecular weight is 350 g/mol. The van der Waals surface area contributed by atoms with Crippen LogP contribution in [-0.4, -0.2) is 31.2 Å². The molecule has 0 bridgehead atoms. The van der Waals surface area contributed by atoms with Crippen molar-refractivity contribution in [3.05, 3.63) is 52.8 Å². The number of hydrogen-bond donors (Lipinski definition) is 2. The van der Waals surface area contributed by atoms with Crippen molar-refractivity contribution >= 4 is 33.2 Å². The summed E-state index contributed by atoms with van der Waals surface area (Å²) in [5.74, 6) is -0.209. The van der Waals surface area contributed by atoms with Crippen LogP contribution in [0.15, 0.2) is 47.1 Å². The normalized spacial score (nSPS) is 10.2. The molecule has 1 aromatic carbocycles. The number of hydrogen-bond acceptors (Lipinski definition) is 4. The standard InChI is InChI=1S/C15H16BrN3O2/c1-21-9-8-17-15(20)14-7-6-11(10-18-14)19-13-5-3-2-4-12(13)16/h2-7,10,19H,8-9H2,1H3,(H,17,20). The van der Waals surface area contributed by atoms with Crippen LogP contribution in [0.2, 0.25) is 0 Å². The van der Waals surface area contributed by atoms with Crippen molar-refractivity contribution in [2.24, 2.45) is 0 Å². The predicted molar refractivity (Wildman–Crippen MR) is 85.9 cm³/mol. The van der Waals surface area contributed by atoms with Crippen LogP contribution >= 0.6 is 15.9 Å². The Bertz CT molecular complexity index is 602. The molecule has 1 aromatic heterocycles. The minimum absolute atomic E-state index is 0.209. The molecule has 0 radical (unpaired) electrons. The van der Waals surface area contributed by atoms with Crippen LogP contribution in [0.1, 0.15) is 10.5 Å². The number of aromatic nitrogens is 1. The van der Waals surface area contributed by atoms with E-state index in [0.717, 1.165) is 15.8 Å². The van der Waals surface area contributed by atoms with E-state index in [1.807, 2.05) is 30.3 Å². The van der Waals surface area contributed by atoms with Gasteiger partial charge in [-0.15, -0.1) is 0 Å². The van der Waals surface area contributed by atoms with Crippen LogP contribution in [-0.2, 0) is 4.74 Å². The number of anilines is 2. The lowest BCUT2D eigenvalue weighted by atomic mass is 10.3. The monoisotopic (exact) mass is 349 g/mol. The maximum atomic E-state index is 11.8. The highest BCUT2D eigenvalue weighted by Gasteiger charge is 2.06. The van der Waals surface area contributed by atoms with Gasteiger partial charge in [-0.3, -0.25) is 4.79 Å². The summed E-state index contributed by atoms with van der Waals surface area (Å²) in [5, 5.41) is 5.95. The Kier molecular flexibility index (Phi) is 5.71. The Morgan fingerprint density at radius 1 is 1.29 bits per heavy atom. The minimum atomic E-state index is -0.209. The number of nitrogens with one attached hydrogen (secondary N) is 2. The number of para-hydroxylation sites is 1. The molecule has 110 valence electrons. The summed E-state index contributed by atoms with van der Waals surface area (Å²) in [7, 11) is 1.59. The second kappa shape index (κ2) is 7.75. The van der Waals surface area contributed by atoms with Crippen molar-refractivity contribution in [2.75, 3.05) is 25.6 Å². The highest BCUT2D eigenvalue weighted by molar-refractivity contribution is 9.10. The van der Waals surface area contributed by atoms with E-state index in [4.69, 9.17) is 4.74 Å². The zero-order valence-corrected chi connectivity index (χ0v) is 13.2. The Morgan fingerprint density at radius 3 is 2.76 bits per heavy atom. The smallest absolute Gasteiger partial charge is 0.269 e. The first-order valence-corrected chi connectivity index (χ1v) is 7.25. The summed E-state index contributed by atoms with van der Waals surface area (Å²) >= 11 is 3.47. The van der Waals surface area contributed by atoms with E-state index in [-0.39, 0.29) is 5.91 Å². The maximum Gasteiger partial charge on any atom is 0.269 e. The molecule has 0 unspecified atom stereocenters. The fourth-order valence-corrected chi connectivity index (χ4v) is 2.06. The minimum Gasteiger partial charge on any atom is -0.383 e. The number of nitrogens with zero attached hydrogens (tertiary/aromatic N) is 1. The van der Waals surface area contributed by atoms with Gasteiger partial charge in [-0.2, -0.15) is 0 Å². The lowest BCUT2D eigenvalue weighted by Crippen LogP contribution is -2.27. The molecule has 0 aliphatic heterocycles. The van der Waals surface area contributed by atoms with Gasteiger partial charge in [0.2, 0.25) is 0 Å². The molecular formula is C15H16BrN3O2. The van der Waals surface area contributed by atoms with Gasteiger partial charge in [-0.05, 0) is 40.2 Å². The summed E-state index contributed by atoms with van der Waals surface area (Å²) in [5.41, 5.74) is 2.13. The number of rotatable bonds is 6. The number of carbonyl (C=O) groups is 1. The molecule has 0 spiro atoms. The van der Waals surface area contributed by atoms with Crippen molar-refractivity contribution in [3.63, 3.8) is 0 Å². The largest absolute Gasteiger partial charge is 0.383 e.